The summed E-state index contributed by atoms with van der Waals surface area (Å²) in [4.78, 5) is 11.0. The van der Waals surface area contributed by atoms with E-state index in [1.54, 1.807) is 7.11 Å². The van der Waals surface area contributed by atoms with Crippen LogP contribution in [0.5, 0.6) is 0 Å². The highest BCUT2D eigenvalue weighted by atomic mass is 16.5. The van der Waals surface area contributed by atoms with Gasteiger partial charge < -0.3 is 14.8 Å². The second-order valence-electron chi connectivity index (χ2n) is 4.10. The summed E-state index contributed by atoms with van der Waals surface area (Å²) in [7, 11) is 3.09. The molecule has 1 N–H and O–H groups in total. The van der Waals surface area contributed by atoms with Crippen molar-refractivity contribution in [1.82, 2.24) is 5.32 Å². The van der Waals surface area contributed by atoms with E-state index in [0.717, 1.165) is 13.0 Å². The van der Waals surface area contributed by atoms with Crippen LogP contribution >= 0.6 is 0 Å². The maximum Gasteiger partial charge on any atom is 0.319 e. The molecule has 1 aromatic carbocycles. The van der Waals surface area contributed by atoms with E-state index in [1.165, 1.54) is 12.7 Å². The number of esters is 1. The average molecular weight is 251 g/mol. The van der Waals surface area contributed by atoms with Gasteiger partial charge in [0.2, 0.25) is 0 Å². The van der Waals surface area contributed by atoms with E-state index < -0.39 is 0 Å². The van der Waals surface area contributed by atoms with Gasteiger partial charge in [0.05, 0.1) is 13.7 Å². The molecule has 1 rings (SSSR count). The van der Waals surface area contributed by atoms with E-state index in [0.29, 0.717) is 12.5 Å². The Morgan fingerprint density at radius 3 is 2.61 bits per heavy atom. The lowest BCUT2D eigenvalue weighted by Crippen LogP contribution is -2.28. The fourth-order valence-electron chi connectivity index (χ4n) is 1.79. The first kappa shape index (κ1) is 14.7. The molecule has 0 amide bonds. The summed E-state index contributed by atoms with van der Waals surface area (Å²) in [5.41, 5.74) is 1.26. The molecule has 0 aliphatic rings. The molecule has 0 aromatic heterocycles. The predicted octanol–water partition coefficient (Wildman–Crippen LogP) is 1.57. The quantitative estimate of drug-likeness (QED) is 0.712. The Labute approximate surface area is 108 Å². The van der Waals surface area contributed by atoms with Crippen molar-refractivity contribution < 1.29 is 14.3 Å². The number of hydrogen-bond acceptors (Lipinski definition) is 4. The number of rotatable bonds is 8. The van der Waals surface area contributed by atoms with Gasteiger partial charge in [0, 0.05) is 20.3 Å². The molecule has 0 radical (unpaired) electrons. The first-order valence-electron chi connectivity index (χ1n) is 6.09. The van der Waals surface area contributed by atoms with Gasteiger partial charge in [-0.1, -0.05) is 30.3 Å². The van der Waals surface area contributed by atoms with E-state index in [4.69, 9.17) is 4.74 Å². The maximum atomic E-state index is 11.0. The lowest BCUT2D eigenvalue weighted by Gasteiger charge is -2.17. The van der Waals surface area contributed by atoms with Crippen LogP contribution in [0.3, 0.4) is 0 Å². The van der Waals surface area contributed by atoms with Crippen molar-refractivity contribution in [2.24, 2.45) is 0 Å². The molecule has 18 heavy (non-hydrogen) atoms. The molecule has 100 valence electrons. The molecule has 1 atom stereocenters. The van der Waals surface area contributed by atoms with Gasteiger partial charge in [0.1, 0.15) is 0 Å². The summed E-state index contributed by atoms with van der Waals surface area (Å²) >= 11 is 0. The molecule has 0 aliphatic carbocycles. The number of ether oxygens (including phenoxy) is 2. The Kier molecular flexibility index (Phi) is 7.06. The molecule has 0 saturated carbocycles. The molecule has 0 aliphatic heterocycles. The number of hydrogen-bond donors (Lipinski definition) is 1. The SMILES string of the molecule is COCCC(CNCC(=O)OC)c1ccccc1. The number of carbonyl (C=O) groups excluding carboxylic acids is 1. The zero-order valence-corrected chi connectivity index (χ0v) is 11.0. The zero-order valence-electron chi connectivity index (χ0n) is 11.0. The number of nitrogens with one attached hydrogen (secondary N) is 1. The molecule has 0 saturated heterocycles. The Morgan fingerprint density at radius 1 is 1.28 bits per heavy atom. The zero-order chi connectivity index (χ0) is 13.2. The molecule has 0 fully saturated rings. The van der Waals surface area contributed by atoms with Crippen molar-refractivity contribution in [3.63, 3.8) is 0 Å². The van der Waals surface area contributed by atoms with Crippen LogP contribution in [0.2, 0.25) is 0 Å². The van der Waals surface area contributed by atoms with Crippen LogP contribution in [-0.4, -0.2) is 39.9 Å². The van der Waals surface area contributed by atoms with E-state index in [9.17, 15) is 4.79 Å². The molecule has 4 heteroatoms. The van der Waals surface area contributed by atoms with E-state index in [2.05, 4.69) is 22.2 Å². The first-order valence-corrected chi connectivity index (χ1v) is 6.09. The monoisotopic (exact) mass is 251 g/mol. The molecule has 0 heterocycles. The third-order valence-electron chi connectivity index (χ3n) is 2.83. The Morgan fingerprint density at radius 2 is 2.00 bits per heavy atom. The minimum Gasteiger partial charge on any atom is -0.468 e. The largest absolute Gasteiger partial charge is 0.468 e. The number of methoxy groups -OCH3 is 2. The average Bonchev–Trinajstić information content (AvgIpc) is 2.43. The number of carbonyl (C=O) groups is 1. The molecule has 4 nitrogen and oxygen atoms in total. The fourth-order valence-corrected chi connectivity index (χ4v) is 1.79. The van der Waals surface area contributed by atoms with Crippen molar-refractivity contribution in [1.29, 1.82) is 0 Å². The summed E-state index contributed by atoms with van der Waals surface area (Å²) in [5.74, 6) is 0.101. The summed E-state index contributed by atoms with van der Waals surface area (Å²) in [6.07, 6.45) is 0.925. The third-order valence-corrected chi connectivity index (χ3v) is 2.83. The predicted molar refractivity (Wildman–Crippen MR) is 70.6 cm³/mol. The van der Waals surface area contributed by atoms with Crippen molar-refractivity contribution in [2.75, 3.05) is 33.9 Å². The summed E-state index contributed by atoms with van der Waals surface area (Å²) in [5, 5.41) is 3.11. The molecular formula is C14H21NO3. The van der Waals surface area contributed by atoms with Gasteiger partial charge in [-0.05, 0) is 17.9 Å². The van der Waals surface area contributed by atoms with Crippen LogP contribution in [0, 0.1) is 0 Å². The van der Waals surface area contributed by atoms with Crippen molar-refractivity contribution >= 4 is 5.97 Å². The number of benzene rings is 1. The molecule has 1 unspecified atom stereocenters. The normalized spacial score (nSPS) is 12.1. The highest BCUT2D eigenvalue weighted by Crippen LogP contribution is 2.18. The third kappa shape index (κ3) is 5.29. The first-order chi connectivity index (χ1) is 8.77. The maximum absolute atomic E-state index is 11.0. The highest BCUT2D eigenvalue weighted by molar-refractivity contribution is 5.71. The minimum absolute atomic E-state index is 0.242. The standard InChI is InChI=1S/C14H21NO3/c1-17-9-8-13(10-15-11-14(16)18-2)12-6-4-3-5-7-12/h3-7,13,15H,8-11H2,1-2H3. The second-order valence-corrected chi connectivity index (χ2v) is 4.10. The van der Waals surface area contributed by atoms with Gasteiger partial charge in [0.25, 0.3) is 0 Å². The topological polar surface area (TPSA) is 47.6 Å². The fraction of sp³-hybridized carbons (Fsp3) is 0.500. The van der Waals surface area contributed by atoms with Crippen molar-refractivity contribution in [3.05, 3.63) is 35.9 Å². The summed E-state index contributed by atoms with van der Waals surface area (Å²) in [6.45, 7) is 1.69. The smallest absolute Gasteiger partial charge is 0.319 e. The Balaban J connectivity index is 2.48. The van der Waals surface area contributed by atoms with Gasteiger partial charge >= 0.3 is 5.97 Å². The Hall–Kier alpha value is -1.39. The van der Waals surface area contributed by atoms with Crippen molar-refractivity contribution in [2.45, 2.75) is 12.3 Å². The van der Waals surface area contributed by atoms with Gasteiger partial charge in [-0.25, -0.2) is 0 Å². The van der Waals surface area contributed by atoms with Crippen LogP contribution in [0.1, 0.15) is 17.9 Å². The van der Waals surface area contributed by atoms with Gasteiger partial charge in [-0.15, -0.1) is 0 Å². The lowest BCUT2D eigenvalue weighted by atomic mass is 9.96. The molecule has 0 spiro atoms. The van der Waals surface area contributed by atoms with Gasteiger partial charge in [-0.3, -0.25) is 4.79 Å². The molecular weight excluding hydrogens is 230 g/mol. The van der Waals surface area contributed by atoms with E-state index in [-0.39, 0.29) is 12.5 Å². The highest BCUT2D eigenvalue weighted by Gasteiger charge is 2.11. The van der Waals surface area contributed by atoms with Crippen LogP contribution in [-0.2, 0) is 14.3 Å². The van der Waals surface area contributed by atoms with E-state index in [1.807, 2.05) is 18.2 Å². The molecule has 0 bridgehead atoms. The van der Waals surface area contributed by atoms with Crippen LogP contribution in [0.25, 0.3) is 0 Å². The summed E-state index contributed by atoms with van der Waals surface area (Å²) in [6, 6.07) is 10.2. The van der Waals surface area contributed by atoms with Crippen LogP contribution in [0.15, 0.2) is 30.3 Å². The van der Waals surface area contributed by atoms with Crippen LogP contribution in [0.4, 0.5) is 0 Å². The van der Waals surface area contributed by atoms with E-state index >= 15 is 0 Å². The summed E-state index contributed by atoms with van der Waals surface area (Å²) < 4.78 is 9.72. The second kappa shape index (κ2) is 8.66. The Bertz CT molecular complexity index is 340. The van der Waals surface area contributed by atoms with Crippen molar-refractivity contribution in [3.8, 4) is 0 Å². The van der Waals surface area contributed by atoms with Crippen LogP contribution < -0.4 is 5.32 Å². The van der Waals surface area contributed by atoms with Gasteiger partial charge in [-0.2, -0.15) is 0 Å². The molecule has 1 aromatic rings. The minimum atomic E-state index is -0.242. The lowest BCUT2D eigenvalue weighted by molar-refractivity contribution is -0.139. The van der Waals surface area contributed by atoms with Gasteiger partial charge in [0.15, 0.2) is 0 Å².